The van der Waals surface area contributed by atoms with Crippen LogP contribution >= 0.6 is 0 Å². The van der Waals surface area contributed by atoms with Crippen molar-refractivity contribution < 1.29 is 23.1 Å². The average molecular weight is 313 g/mol. The van der Waals surface area contributed by atoms with Gasteiger partial charge in [-0.25, -0.2) is 12.7 Å². The minimum atomic E-state index is -3.70. The van der Waals surface area contributed by atoms with Gasteiger partial charge < -0.3 is 9.84 Å². The van der Waals surface area contributed by atoms with Crippen LogP contribution in [-0.4, -0.2) is 45.0 Å². The van der Waals surface area contributed by atoms with Crippen LogP contribution in [0.4, 0.5) is 0 Å². The van der Waals surface area contributed by atoms with Crippen molar-refractivity contribution in [3.05, 3.63) is 23.3 Å². The molecule has 0 heterocycles. The Kier molecular flexibility index (Phi) is 4.25. The second-order valence-corrected chi connectivity index (χ2v) is 7.35. The Bertz CT molecular complexity index is 666. The molecular weight excluding hydrogens is 294 g/mol. The van der Waals surface area contributed by atoms with Crippen molar-refractivity contribution in [3.63, 3.8) is 0 Å². The lowest BCUT2D eigenvalue weighted by Gasteiger charge is -2.27. The first-order valence-electron chi connectivity index (χ1n) is 6.65. The van der Waals surface area contributed by atoms with Crippen LogP contribution in [0.25, 0.3) is 0 Å². The largest absolute Gasteiger partial charge is 0.496 e. The fourth-order valence-electron chi connectivity index (χ4n) is 2.75. The lowest BCUT2D eigenvalue weighted by atomic mass is 9.82. The van der Waals surface area contributed by atoms with Crippen LogP contribution in [0.3, 0.4) is 0 Å². The molecule has 116 valence electrons. The molecule has 1 aromatic carbocycles. The topological polar surface area (TPSA) is 83.9 Å². The Morgan fingerprint density at radius 2 is 2.05 bits per heavy atom. The van der Waals surface area contributed by atoms with Crippen molar-refractivity contribution >= 4 is 16.0 Å². The van der Waals surface area contributed by atoms with Gasteiger partial charge in [0.15, 0.2) is 0 Å². The van der Waals surface area contributed by atoms with E-state index in [1.54, 1.807) is 6.07 Å². The van der Waals surface area contributed by atoms with E-state index in [1.165, 1.54) is 27.3 Å². The Morgan fingerprint density at radius 3 is 2.57 bits per heavy atom. The summed E-state index contributed by atoms with van der Waals surface area (Å²) in [4.78, 5) is 11.6. The highest BCUT2D eigenvalue weighted by molar-refractivity contribution is 7.89. The second-order valence-electron chi connectivity index (χ2n) is 5.23. The van der Waals surface area contributed by atoms with Gasteiger partial charge in [-0.2, -0.15) is 0 Å². The van der Waals surface area contributed by atoms with Crippen molar-refractivity contribution in [2.45, 2.75) is 30.1 Å². The van der Waals surface area contributed by atoms with E-state index >= 15 is 0 Å². The van der Waals surface area contributed by atoms with Crippen LogP contribution in [0.2, 0.25) is 0 Å². The Labute approximate surface area is 124 Å². The van der Waals surface area contributed by atoms with E-state index in [9.17, 15) is 18.3 Å². The van der Waals surface area contributed by atoms with Crippen LogP contribution in [0, 0.1) is 0 Å². The molecule has 1 aliphatic rings. The van der Waals surface area contributed by atoms with E-state index in [0.29, 0.717) is 36.1 Å². The standard InChI is InChI=1S/C14H19NO5S/c1-15(2)21(18,19)12-8-7-11(20-3)9-5-4-6-10(13(9)12)14(16)17/h7-8,10H,4-6H2,1-3H3,(H,16,17)/t10-/m1/s1. The molecule has 0 spiro atoms. The maximum Gasteiger partial charge on any atom is 0.311 e. The van der Waals surface area contributed by atoms with Gasteiger partial charge in [0.2, 0.25) is 10.0 Å². The summed E-state index contributed by atoms with van der Waals surface area (Å²) in [6.45, 7) is 0. The Morgan fingerprint density at radius 1 is 1.38 bits per heavy atom. The number of rotatable bonds is 4. The fraction of sp³-hybridized carbons (Fsp3) is 0.500. The lowest BCUT2D eigenvalue weighted by molar-refractivity contribution is -0.139. The minimum absolute atomic E-state index is 0.0652. The zero-order chi connectivity index (χ0) is 15.8. The first-order valence-corrected chi connectivity index (χ1v) is 8.09. The van der Waals surface area contributed by atoms with E-state index in [2.05, 4.69) is 0 Å². The lowest BCUT2D eigenvalue weighted by Crippen LogP contribution is -2.27. The second kappa shape index (κ2) is 5.65. The quantitative estimate of drug-likeness (QED) is 0.909. The van der Waals surface area contributed by atoms with Crippen molar-refractivity contribution in [3.8, 4) is 5.75 Å². The zero-order valence-electron chi connectivity index (χ0n) is 12.3. The summed E-state index contributed by atoms with van der Waals surface area (Å²) in [7, 11) is 0.675. The van der Waals surface area contributed by atoms with Gasteiger partial charge in [0.1, 0.15) is 5.75 Å². The average Bonchev–Trinajstić information content (AvgIpc) is 2.44. The highest BCUT2D eigenvalue weighted by atomic mass is 32.2. The molecule has 1 aromatic rings. The number of aliphatic carboxylic acids is 1. The van der Waals surface area contributed by atoms with Crippen molar-refractivity contribution in [2.24, 2.45) is 0 Å². The summed E-state index contributed by atoms with van der Waals surface area (Å²) in [5.41, 5.74) is 1.07. The summed E-state index contributed by atoms with van der Waals surface area (Å²) in [5, 5.41) is 9.43. The number of carboxylic acid groups (broad SMARTS) is 1. The van der Waals surface area contributed by atoms with Gasteiger partial charge in [-0.15, -0.1) is 0 Å². The van der Waals surface area contributed by atoms with Crippen molar-refractivity contribution in [1.29, 1.82) is 0 Å². The molecule has 1 N–H and O–H groups in total. The van der Waals surface area contributed by atoms with Gasteiger partial charge in [-0.05, 0) is 42.5 Å². The summed E-state index contributed by atoms with van der Waals surface area (Å²) in [6, 6.07) is 3.04. The number of sulfonamides is 1. The van der Waals surface area contributed by atoms with Crippen LogP contribution in [0.5, 0.6) is 5.75 Å². The molecule has 0 saturated carbocycles. The van der Waals surface area contributed by atoms with Crippen LogP contribution in [-0.2, 0) is 21.2 Å². The number of hydrogen-bond acceptors (Lipinski definition) is 4. The zero-order valence-corrected chi connectivity index (χ0v) is 13.1. The molecule has 0 fully saturated rings. The molecule has 0 aromatic heterocycles. The summed E-state index contributed by atoms with van der Waals surface area (Å²) in [6.07, 6.45) is 1.76. The third-order valence-electron chi connectivity index (χ3n) is 3.82. The molecule has 0 unspecified atom stereocenters. The summed E-state index contributed by atoms with van der Waals surface area (Å²) >= 11 is 0. The van der Waals surface area contributed by atoms with E-state index in [1.807, 2.05) is 0 Å². The van der Waals surface area contributed by atoms with E-state index in [0.717, 1.165) is 4.31 Å². The number of carbonyl (C=O) groups is 1. The van der Waals surface area contributed by atoms with E-state index in [4.69, 9.17) is 4.74 Å². The Hall–Kier alpha value is -1.60. The molecular formula is C14H19NO5S. The number of carboxylic acids is 1. The highest BCUT2D eigenvalue weighted by Crippen LogP contribution is 2.41. The van der Waals surface area contributed by atoms with Crippen molar-refractivity contribution in [2.75, 3.05) is 21.2 Å². The van der Waals surface area contributed by atoms with Gasteiger partial charge in [0, 0.05) is 14.1 Å². The molecule has 7 heteroatoms. The number of fused-ring (bicyclic) bond motifs is 1. The molecule has 1 aliphatic carbocycles. The molecule has 6 nitrogen and oxygen atoms in total. The predicted octanol–water partition coefficient (Wildman–Crippen LogP) is 1.45. The normalized spacial score (nSPS) is 18.4. The SMILES string of the molecule is COc1ccc(S(=O)(=O)N(C)C)c2c1CCC[C@H]2C(=O)O. The maximum absolute atomic E-state index is 12.5. The molecule has 0 amide bonds. The van der Waals surface area contributed by atoms with Gasteiger partial charge in [-0.1, -0.05) is 0 Å². The smallest absolute Gasteiger partial charge is 0.311 e. The highest BCUT2D eigenvalue weighted by Gasteiger charge is 2.35. The minimum Gasteiger partial charge on any atom is -0.496 e. The van der Waals surface area contributed by atoms with Crippen LogP contribution in [0.1, 0.15) is 29.9 Å². The van der Waals surface area contributed by atoms with E-state index < -0.39 is 21.9 Å². The monoisotopic (exact) mass is 313 g/mol. The molecule has 2 rings (SSSR count). The molecule has 0 saturated heterocycles. The third-order valence-corrected chi connectivity index (χ3v) is 5.69. The van der Waals surface area contributed by atoms with Crippen molar-refractivity contribution in [1.82, 2.24) is 4.31 Å². The summed E-state index contributed by atoms with van der Waals surface area (Å²) in [5.74, 6) is -1.26. The van der Waals surface area contributed by atoms with Crippen LogP contribution in [0.15, 0.2) is 17.0 Å². The first-order chi connectivity index (χ1) is 9.80. The van der Waals surface area contributed by atoms with Gasteiger partial charge >= 0.3 is 5.97 Å². The number of methoxy groups -OCH3 is 1. The van der Waals surface area contributed by atoms with Gasteiger partial charge in [-0.3, -0.25) is 4.79 Å². The molecule has 21 heavy (non-hydrogen) atoms. The van der Waals surface area contributed by atoms with Gasteiger partial charge in [0.05, 0.1) is 17.9 Å². The molecule has 0 bridgehead atoms. The number of nitrogens with zero attached hydrogens (tertiary/aromatic N) is 1. The summed E-state index contributed by atoms with van der Waals surface area (Å²) < 4.78 is 31.3. The molecule has 1 atom stereocenters. The van der Waals surface area contributed by atoms with Gasteiger partial charge in [0.25, 0.3) is 0 Å². The third kappa shape index (κ3) is 2.63. The molecule has 0 radical (unpaired) electrons. The van der Waals surface area contributed by atoms with Crippen LogP contribution < -0.4 is 4.74 Å². The maximum atomic E-state index is 12.5. The number of benzene rings is 1. The fourth-order valence-corrected chi connectivity index (χ4v) is 3.93. The number of ether oxygens (including phenoxy) is 1. The number of hydrogen-bond donors (Lipinski definition) is 1. The first kappa shape index (κ1) is 15.8. The Balaban J connectivity index is 2.77. The predicted molar refractivity (Wildman–Crippen MR) is 77.2 cm³/mol. The molecule has 0 aliphatic heterocycles. The van der Waals surface area contributed by atoms with E-state index in [-0.39, 0.29) is 4.90 Å².